The van der Waals surface area contributed by atoms with E-state index in [1.165, 1.54) is 14.2 Å². The van der Waals surface area contributed by atoms with Crippen LogP contribution in [0.1, 0.15) is 15.9 Å². The number of carbonyl (C=O) groups is 2. The van der Waals surface area contributed by atoms with Crippen LogP contribution in [-0.4, -0.2) is 82.8 Å². The molecule has 1 saturated heterocycles. The number of nitrogens with zero attached hydrogens (tertiary/aromatic N) is 2. The fraction of sp³-hybridized carbons (Fsp3) is 0.417. The number of piperazine rings is 1. The zero-order valence-electron chi connectivity index (χ0n) is 19.6. The van der Waals surface area contributed by atoms with Gasteiger partial charge < -0.3 is 29.2 Å². The molecule has 2 amide bonds. The van der Waals surface area contributed by atoms with Crippen LogP contribution in [0.3, 0.4) is 0 Å². The highest BCUT2D eigenvalue weighted by atomic mass is 16.5. The summed E-state index contributed by atoms with van der Waals surface area (Å²) >= 11 is 0. The lowest BCUT2D eigenvalue weighted by molar-refractivity contribution is -0.131. The maximum absolute atomic E-state index is 12.6. The molecular formula is C24H31N3O6. The van der Waals surface area contributed by atoms with Gasteiger partial charge in [0.1, 0.15) is 11.5 Å². The topological polar surface area (TPSA) is 89.6 Å². The van der Waals surface area contributed by atoms with Crippen LogP contribution in [0.2, 0.25) is 0 Å². The van der Waals surface area contributed by atoms with Crippen molar-refractivity contribution in [3.63, 3.8) is 0 Å². The van der Waals surface area contributed by atoms with E-state index in [2.05, 4.69) is 10.2 Å². The molecule has 0 bridgehead atoms. The van der Waals surface area contributed by atoms with E-state index in [1.807, 2.05) is 18.2 Å². The van der Waals surface area contributed by atoms with Gasteiger partial charge in [-0.1, -0.05) is 0 Å². The molecule has 178 valence electrons. The molecule has 9 heteroatoms. The average molecular weight is 458 g/mol. The largest absolute Gasteiger partial charge is 0.497 e. The van der Waals surface area contributed by atoms with Crippen LogP contribution in [0, 0.1) is 0 Å². The van der Waals surface area contributed by atoms with Gasteiger partial charge in [0.05, 0.1) is 35.0 Å². The molecule has 0 atom stereocenters. The third kappa shape index (κ3) is 6.07. The molecule has 1 heterocycles. The van der Waals surface area contributed by atoms with Crippen molar-refractivity contribution in [2.24, 2.45) is 0 Å². The second-order valence-corrected chi connectivity index (χ2v) is 7.59. The fourth-order valence-corrected chi connectivity index (χ4v) is 3.75. The van der Waals surface area contributed by atoms with E-state index >= 15 is 0 Å². The molecule has 1 aliphatic rings. The lowest BCUT2D eigenvalue weighted by Gasteiger charge is -2.35. The van der Waals surface area contributed by atoms with Crippen LogP contribution in [-0.2, 0) is 11.3 Å². The van der Waals surface area contributed by atoms with E-state index in [0.29, 0.717) is 36.7 Å². The van der Waals surface area contributed by atoms with Crippen molar-refractivity contribution in [2.75, 3.05) is 61.2 Å². The van der Waals surface area contributed by atoms with Gasteiger partial charge in [-0.3, -0.25) is 14.5 Å². The first kappa shape index (κ1) is 24.2. The van der Waals surface area contributed by atoms with E-state index in [4.69, 9.17) is 18.9 Å². The summed E-state index contributed by atoms with van der Waals surface area (Å²) in [6.45, 7) is 3.30. The number of amides is 2. The Labute approximate surface area is 194 Å². The summed E-state index contributed by atoms with van der Waals surface area (Å²) in [7, 11) is 6.33. The Morgan fingerprint density at radius 2 is 1.48 bits per heavy atom. The van der Waals surface area contributed by atoms with E-state index in [-0.39, 0.29) is 18.4 Å². The van der Waals surface area contributed by atoms with Crippen molar-refractivity contribution in [1.29, 1.82) is 0 Å². The molecule has 1 N–H and O–H groups in total. The molecule has 1 aliphatic heterocycles. The van der Waals surface area contributed by atoms with Crippen LogP contribution in [0.4, 0.5) is 0 Å². The SMILES string of the molecule is COc1ccc(OC)c(CN2CCN(C(=O)CNC(=O)c3ccc(OC)c(OC)c3)CC2)c1. The summed E-state index contributed by atoms with van der Waals surface area (Å²) in [5.41, 5.74) is 1.44. The van der Waals surface area contributed by atoms with Crippen LogP contribution < -0.4 is 24.3 Å². The van der Waals surface area contributed by atoms with Crippen molar-refractivity contribution in [3.05, 3.63) is 47.5 Å². The van der Waals surface area contributed by atoms with Gasteiger partial charge in [-0.15, -0.1) is 0 Å². The van der Waals surface area contributed by atoms with Crippen molar-refractivity contribution in [1.82, 2.24) is 15.1 Å². The van der Waals surface area contributed by atoms with Gasteiger partial charge >= 0.3 is 0 Å². The molecule has 9 nitrogen and oxygen atoms in total. The smallest absolute Gasteiger partial charge is 0.251 e. The number of methoxy groups -OCH3 is 4. The number of carbonyl (C=O) groups excluding carboxylic acids is 2. The zero-order chi connectivity index (χ0) is 23.8. The highest BCUT2D eigenvalue weighted by molar-refractivity contribution is 5.97. The summed E-state index contributed by atoms with van der Waals surface area (Å²) in [4.78, 5) is 29.1. The highest BCUT2D eigenvalue weighted by Crippen LogP contribution is 2.27. The van der Waals surface area contributed by atoms with Gasteiger partial charge in [0, 0.05) is 43.9 Å². The van der Waals surface area contributed by atoms with Gasteiger partial charge in [0.2, 0.25) is 5.91 Å². The predicted molar refractivity (Wildman–Crippen MR) is 123 cm³/mol. The summed E-state index contributed by atoms with van der Waals surface area (Å²) < 4.78 is 21.2. The Hall–Kier alpha value is -3.46. The second kappa shape index (κ2) is 11.4. The molecule has 0 unspecified atom stereocenters. The second-order valence-electron chi connectivity index (χ2n) is 7.59. The van der Waals surface area contributed by atoms with Gasteiger partial charge in [0.15, 0.2) is 11.5 Å². The molecule has 0 spiro atoms. The Kier molecular flexibility index (Phi) is 8.37. The van der Waals surface area contributed by atoms with Crippen LogP contribution in [0.25, 0.3) is 0 Å². The normalized spacial score (nSPS) is 13.9. The summed E-state index contributed by atoms with van der Waals surface area (Å²) in [6.07, 6.45) is 0. The number of ether oxygens (including phenoxy) is 4. The Bertz CT molecular complexity index is 973. The van der Waals surface area contributed by atoms with Crippen molar-refractivity contribution < 1.29 is 28.5 Å². The summed E-state index contributed by atoms with van der Waals surface area (Å²) in [5.74, 6) is 2.14. The Balaban J connectivity index is 1.49. The van der Waals surface area contributed by atoms with Crippen molar-refractivity contribution in [3.8, 4) is 23.0 Å². The number of rotatable bonds is 9. The zero-order valence-corrected chi connectivity index (χ0v) is 19.6. The van der Waals surface area contributed by atoms with Gasteiger partial charge in [-0.25, -0.2) is 0 Å². The lowest BCUT2D eigenvalue weighted by atomic mass is 10.1. The average Bonchev–Trinajstić information content (AvgIpc) is 2.86. The standard InChI is InChI=1S/C24H31N3O6/c1-30-19-6-8-20(31-2)18(13-19)16-26-9-11-27(12-10-26)23(28)15-25-24(29)17-5-7-21(32-3)22(14-17)33-4/h5-8,13-14H,9-12,15-16H2,1-4H3,(H,25,29). The Morgan fingerprint density at radius 3 is 2.12 bits per heavy atom. The third-order valence-electron chi connectivity index (χ3n) is 5.65. The summed E-state index contributed by atoms with van der Waals surface area (Å²) in [5, 5.41) is 2.69. The van der Waals surface area contributed by atoms with E-state index in [0.717, 1.165) is 30.2 Å². The maximum atomic E-state index is 12.6. The van der Waals surface area contributed by atoms with E-state index < -0.39 is 0 Å². The maximum Gasteiger partial charge on any atom is 0.251 e. The molecular weight excluding hydrogens is 426 g/mol. The molecule has 0 radical (unpaired) electrons. The number of benzene rings is 2. The monoisotopic (exact) mass is 457 g/mol. The molecule has 1 fully saturated rings. The van der Waals surface area contributed by atoms with Crippen LogP contribution in [0.5, 0.6) is 23.0 Å². The van der Waals surface area contributed by atoms with Crippen LogP contribution >= 0.6 is 0 Å². The number of nitrogens with one attached hydrogen (secondary N) is 1. The molecule has 0 aromatic heterocycles. The first-order chi connectivity index (χ1) is 16.0. The first-order valence-corrected chi connectivity index (χ1v) is 10.7. The van der Waals surface area contributed by atoms with Gasteiger partial charge in [-0.05, 0) is 36.4 Å². The lowest BCUT2D eigenvalue weighted by Crippen LogP contribution is -2.50. The third-order valence-corrected chi connectivity index (χ3v) is 5.65. The highest BCUT2D eigenvalue weighted by Gasteiger charge is 2.22. The Morgan fingerprint density at radius 1 is 0.818 bits per heavy atom. The van der Waals surface area contributed by atoms with E-state index in [1.54, 1.807) is 37.3 Å². The van der Waals surface area contributed by atoms with Crippen LogP contribution in [0.15, 0.2) is 36.4 Å². The minimum Gasteiger partial charge on any atom is -0.497 e. The molecule has 0 aliphatic carbocycles. The molecule has 3 rings (SSSR count). The predicted octanol–water partition coefficient (Wildman–Crippen LogP) is 1.80. The first-order valence-electron chi connectivity index (χ1n) is 10.7. The molecule has 0 saturated carbocycles. The van der Waals surface area contributed by atoms with Gasteiger partial charge in [0.25, 0.3) is 5.91 Å². The van der Waals surface area contributed by atoms with Crippen molar-refractivity contribution in [2.45, 2.75) is 6.54 Å². The molecule has 2 aromatic carbocycles. The number of hydrogen-bond donors (Lipinski definition) is 1. The summed E-state index contributed by atoms with van der Waals surface area (Å²) in [6, 6.07) is 10.6. The van der Waals surface area contributed by atoms with Crippen molar-refractivity contribution >= 4 is 11.8 Å². The minimum atomic E-state index is -0.340. The quantitative estimate of drug-likeness (QED) is 0.614. The molecule has 33 heavy (non-hydrogen) atoms. The number of hydrogen-bond acceptors (Lipinski definition) is 7. The van der Waals surface area contributed by atoms with Gasteiger partial charge in [-0.2, -0.15) is 0 Å². The van der Waals surface area contributed by atoms with E-state index in [9.17, 15) is 9.59 Å². The fourth-order valence-electron chi connectivity index (χ4n) is 3.75. The molecule has 2 aromatic rings. The minimum absolute atomic E-state index is 0.0586.